The van der Waals surface area contributed by atoms with Gasteiger partial charge in [0.15, 0.2) is 0 Å². The molecule has 0 spiro atoms. The third kappa shape index (κ3) is 5.14. The number of hydrogen-bond acceptors (Lipinski definition) is 5. The Morgan fingerprint density at radius 3 is 2.31 bits per heavy atom. The Balaban J connectivity index is 1.63. The van der Waals surface area contributed by atoms with E-state index in [-0.39, 0.29) is 10.8 Å². The number of carbonyl (C=O) groups is 1. The van der Waals surface area contributed by atoms with E-state index in [0.29, 0.717) is 24.3 Å². The molecule has 0 aromatic heterocycles. The van der Waals surface area contributed by atoms with Crippen molar-refractivity contribution in [1.82, 2.24) is 4.90 Å². The molecule has 0 saturated carbocycles. The van der Waals surface area contributed by atoms with Crippen molar-refractivity contribution in [2.75, 3.05) is 24.1 Å². The van der Waals surface area contributed by atoms with Crippen LogP contribution in [0.3, 0.4) is 0 Å². The molecule has 0 unspecified atom stereocenters. The summed E-state index contributed by atoms with van der Waals surface area (Å²) in [5, 5.41) is 0. The fraction of sp³-hybridized carbons (Fsp3) is 0.208. The van der Waals surface area contributed by atoms with Gasteiger partial charge in [-0.05, 0) is 61.6 Å². The normalized spacial score (nSPS) is 13.8. The summed E-state index contributed by atoms with van der Waals surface area (Å²) in [6.45, 7) is 1.43. The van der Waals surface area contributed by atoms with Crippen molar-refractivity contribution in [2.45, 2.75) is 32.4 Å². The predicted octanol–water partition coefficient (Wildman–Crippen LogP) is 5.60. The van der Waals surface area contributed by atoms with Crippen molar-refractivity contribution in [3.63, 3.8) is 0 Å². The number of sulfonamides is 1. The number of carbonyl (C=O) groups excluding carboxylic acids is 1. The van der Waals surface area contributed by atoms with E-state index in [1.54, 1.807) is 29.2 Å². The zero-order chi connectivity index (χ0) is 22.6. The van der Waals surface area contributed by atoms with Crippen LogP contribution >= 0.6 is 23.5 Å². The fourth-order valence-electron chi connectivity index (χ4n) is 3.57. The zero-order valence-electron chi connectivity index (χ0n) is 17.7. The summed E-state index contributed by atoms with van der Waals surface area (Å²) in [5.74, 6) is -0.107. The number of nitrogens with zero attached hydrogens (tertiary/aromatic N) is 1. The largest absolute Gasteiger partial charge is 0.339 e. The van der Waals surface area contributed by atoms with Crippen LogP contribution in [0.2, 0.25) is 0 Å². The molecule has 1 N–H and O–H groups in total. The lowest BCUT2D eigenvalue weighted by molar-refractivity contribution is 0.0789. The van der Waals surface area contributed by atoms with Gasteiger partial charge in [0, 0.05) is 27.8 Å². The van der Waals surface area contributed by atoms with Gasteiger partial charge < -0.3 is 4.90 Å². The van der Waals surface area contributed by atoms with Gasteiger partial charge in [0.2, 0.25) is 0 Å². The smallest absolute Gasteiger partial charge is 0.261 e. The minimum absolute atomic E-state index is 0.0809. The SMILES string of the molecule is CSc1ccc(S(=O)(=O)Nc2ccccc2Sc2ccccc2)cc1C(=O)N1CCCC1. The van der Waals surface area contributed by atoms with Crippen molar-refractivity contribution in [1.29, 1.82) is 0 Å². The quantitative estimate of drug-likeness (QED) is 0.443. The maximum absolute atomic E-state index is 13.2. The van der Waals surface area contributed by atoms with Crippen LogP contribution in [-0.2, 0) is 10.0 Å². The summed E-state index contributed by atoms with van der Waals surface area (Å²) in [4.78, 5) is 17.5. The average Bonchev–Trinajstić information content (AvgIpc) is 3.35. The molecule has 0 bridgehead atoms. The van der Waals surface area contributed by atoms with Crippen LogP contribution in [0.4, 0.5) is 5.69 Å². The van der Waals surface area contributed by atoms with Gasteiger partial charge in [-0.15, -0.1) is 11.8 Å². The number of likely N-dealkylation sites (tertiary alicyclic amines) is 1. The molecule has 1 fully saturated rings. The van der Waals surface area contributed by atoms with E-state index in [1.165, 1.54) is 29.6 Å². The first kappa shape index (κ1) is 22.8. The highest BCUT2D eigenvalue weighted by Gasteiger charge is 2.25. The second kappa shape index (κ2) is 10.0. The Morgan fingerprint density at radius 2 is 1.59 bits per heavy atom. The highest BCUT2D eigenvalue weighted by atomic mass is 32.2. The van der Waals surface area contributed by atoms with Crippen molar-refractivity contribution in [2.24, 2.45) is 0 Å². The highest BCUT2D eigenvalue weighted by Crippen LogP contribution is 2.35. The minimum atomic E-state index is -3.88. The third-order valence-corrected chi connectivity index (χ3v) is 8.45. The lowest BCUT2D eigenvalue weighted by Crippen LogP contribution is -2.28. The first-order chi connectivity index (χ1) is 15.5. The van der Waals surface area contributed by atoms with Crippen LogP contribution in [0.5, 0.6) is 0 Å². The molecule has 1 amide bonds. The molecule has 1 aliphatic heterocycles. The lowest BCUT2D eigenvalue weighted by Gasteiger charge is -2.18. The van der Waals surface area contributed by atoms with Crippen molar-refractivity contribution in [3.05, 3.63) is 78.4 Å². The fourth-order valence-corrected chi connectivity index (χ4v) is 6.23. The summed E-state index contributed by atoms with van der Waals surface area (Å²) in [5.41, 5.74) is 0.942. The highest BCUT2D eigenvalue weighted by molar-refractivity contribution is 7.99. The van der Waals surface area contributed by atoms with Crippen LogP contribution in [-0.4, -0.2) is 38.6 Å². The summed E-state index contributed by atoms with van der Waals surface area (Å²) >= 11 is 2.93. The molecule has 1 aliphatic rings. The monoisotopic (exact) mass is 484 g/mol. The van der Waals surface area contributed by atoms with Gasteiger partial charge in [0.25, 0.3) is 15.9 Å². The molecule has 32 heavy (non-hydrogen) atoms. The summed E-state index contributed by atoms with van der Waals surface area (Å²) < 4.78 is 29.2. The molecule has 1 saturated heterocycles. The molecular weight excluding hydrogens is 460 g/mol. The Labute approximate surface area is 197 Å². The summed E-state index contributed by atoms with van der Waals surface area (Å²) in [7, 11) is -3.88. The van der Waals surface area contributed by atoms with Crippen LogP contribution in [0.15, 0.2) is 92.4 Å². The second-order valence-electron chi connectivity index (χ2n) is 7.38. The molecule has 166 valence electrons. The predicted molar refractivity (Wildman–Crippen MR) is 131 cm³/mol. The molecular formula is C24H24N2O3S3. The van der Waals surface area contributed by atoms with E-state index in [2.05, 4.69) is 4.72 Å². The van der Waals surface area contributed by atoms with Crippen LogP contribution < -0.4 is 4.72 Å². The standard InChI is InChI=1S/C24H24N2O3S3/c1-30-22-14-13-19(17-20(22)24(27)26-15-7-8-16-26)32(28,29)25-21-11-5-6-12-23(21)31-18-9-3-2-4-10-18/h2-6,9-14,17,25H,7-8,15-16H2,1H3. The Kier molecular flexibility index (Phi) is 7.13. The van der Waals surface area contributed by atoms with Crippen LogP contribution in [0.25, 0.3) is 0 Å². The maximum Gasteiger partial charge on any atom is 0.261 e. The van der Waals surface area contributed by atoms with Gasteiger partial charge in [-0.3, -0.25) is 9.52 Å². The molecule has 8 heteroatoms. The first-order valence-electron chi connectivity index (χ1n) is 10.3. The second-order valence-corrected chi connectivity index (χ2v) is 11.0. The molecule has 0 aliphatic carbocycles. The van der Waals surface area contributed by atoms with E-state index in [1.807, 2.05) is 48.7 Å². The molecule has 4 rings (SSSR count). The Bertz CT molecular complexity index is 1210. The van der Waals surface area contributed by atoms with E-state index in [9.17, 15) is 13.2 Å². The lowest BCUT2D eigenvalue weighted by atomic mass is 10.2. The van der Waals surface area contributed by atoms with Gasteiger partial charge in [0.05, 0.1) is 16.1 Å². The number of para-hydroxylation sites is 1. The number of anilines is 1. The van der Waals surface area contributed by atoms with Gasteiger partial charge in [-0.2, -0.15) is 0 Å². The number of benzene rings is 3. The van der Waals surface area contributed by atoms with Crippen LogP contribution in [0, 0.1) is 0 Å². The van der Waals surface area contributed by atoms with Gasteiger partial charge in [-0.25, -0.2) is 8.42 Å². The summed E-state index contributed by atoms with van der Waals surface area (Å²) in [6, 6.07) is 21.9. The van der Waals surface area contributed by atoms with Gasteiger partial charge in [-0.1, -0.05) is 42.1 Å². The number of hydrogen-bond donors (Lipinski definition) is 1. The average molecular weight is 485 g/mol. The maximum atomic E-state index is 13.2. The molecule has 3 aromatic rings. The molecule has 1 heterocycles. The topological polar surface area (TPSA) is 66.5 Å². The minimum Gasteiger partial charge on any atom is -0.339 e. The van der Waals surface area contributed by atoms with Gasteiger partial charge >= 0.3 is 0 Å². The zero-order valence-corrected chi connectivity index (χ0v) is 20.1. The van der Waals surface area contributed by atoms with E-state index in [0.717, 1.165) is 27.5 Å². The van der Waals surface area contributed by atoms with Crippen molar-refractivity contribution < 1.29 is 13.2 Å². The number of amides is 1. The third-order valence-electron chi connectivity index (χ3n) is 5.21. The van der Waals surface area contributed by atoms with Crippen LogP contribution in [0.1, 0.15) is 23.2 Å². The molecule has 0 atom stereocenters. The van der Waals surface area contributed by atoms with Crippen molar-refractivity contribution >= 4 is 45.1 Å². The van der Waals surface area contributed by atoms with E-state index < -0.39 is 10.0 Å². The van der Waals surface area contributed by atoms with Crippen molar-refractivity contribution in [3.8, 4) is 0 Å². The Hall–Kier alpha value is -2.42. The molecule has 0 radical (unpaired) electrons. The number of thioether (sulfide) groups is 1. The first-order valence-corrected chi connectivity index (χ1v) is 13.8. The number of rotatable bonds is 7. The summed E-state index contributed by atoms with van der Waals surface area (Å²) in [6.07, 6.45) is 3.85. The molecule has 5 nitrogen and oxygen atoms in total. The Morgan fingerprint density at radius 1 is 0.906 bits per heavy atom. The van der Waals surface area contributed by atoms with E-state index in [4.69, 9.17) is 0 Å². The molecule has 3 aromatic carbocycles. The number of nitrogens with one attached hydrogen (secondary N) is 1. The van der Waals surface area contributed by atoms with Gasteiger partial charge in [0.1, 0.15) is 0 Å². The van der Waals surface area contributed by atoms with E-state index >= 15 is 0 Å².